The summed E-state index contributed by atoms with van der Waals surface area (Å²) in [4.78, 5) is 0. The van der Waals surface area contributed by atoms with Crippen molar-refractivity contribution in [3.8, 4) is 5.75 Å². The summed E-state index contributed by atoms with van der Waals surface area (Å²) in [5.74, 6) is 1.03. The summed E-state index contributed by atoms with van der Waals surface area (Å²) in [6.45, 7) is 0. The van der Waals surface area contributed by atoms with Crippen molar-refractivity contribution in [2.75, 3.05) is 5.75 Å². The second kappa shape index (κ2) is 2.88. The standard InChI is InChI=1S/C8H9NO2S/c9-7-5-12(10)11-8-4-2-1-3-6(7)8/h1-4,7H,5,9H2. The van der Waals surface area contributed by atoms with Crippen LogP contribution in [-0.4, -0.2) is 9.96 Å². The Morgan fingerprint density at radius 2 is 2.25 bits per heavy atom. The first-order chi connectivity index (χ1) is 5.77. The van der Waals surface area contributed by atoms with Crippen LogP contribution in [0.5, 0.6) is 5.75 Å². The van der Waals surface area contributed by atoms with E-state index in [1.54, 1.807) is 6.07 Å². The van der Waals surface area contributed by atoms with Crippen LogP contribution in [-0.2, 0) is 11.1 Å². The lowest BCUT2D eigenvalue weighted by Gasteiger charge is -2.20. The predicted molar refractivity (Wildman–Crippen MR) is 47.0 cm³/mol. The smallest absolute Gasteiger partial charge is 0.208 e. The molecule has 0 saturated heterocycles. The summed E-state index contributed by atoms with van der Waals surface area (Å²) in [5, 5.41) is 0. The number of benzene rings is 1. The van der Waals surface area contributed by atoms with E-state index in [2.05, 4.69) is 0 Å². The first-order valence-corrected chi connectivity index (χ1v) is 4.93. The number of nitrogens with two attached hydrogens (primary N) is 1. The average Bonchev–Trinajstić information content (AvgIpc) is 2.04. The summed E-state index contributed by atoms with van der Waals surface area (Å²) in [6.07, 6.45) is 0. The number of hydrogen-bond acceptors (Lipinski definition) is 3. The summed E-state index contributed by atoms with van der Waals surface area (Å²) < 4.78 is 16.1. The van der Waals surface area contributed by atoms with E-state index in [0.29, 0.717) is 11.5 Å². The quantitative estimate of drug-likeness (QED) is 0.645. The molecule has 0 aromatic heterocycles. The van der Waals surface area contributed by atoms with Crippen LogP contribution in [0.1, 0.15) is 11.6 Å². The van der Waals surface area contributed by atoms with Crippen LogP contribution in [0.25, 0.3) is 0 Å². The van der Waals surface area contributed by atoms with Crippen LogP contribution in [0.4, 0.5) is 0 Å². The fourth-order valence-electron chi connectivity index (χ4n) is 1.23. The lowest BCUT2D eigenvalue weighted by molar-refractivity contribution is 0.527. The third kappa shape index (κ3) is 1.23. The molecule has 2 N–H and O–H groups in total. The number of para-hydroxylation sites is 1. The molecule has 0 amide bonds. The van der Waals surface area contributed by atoms with Crippen molar-refractivity contribution in [2.24, 2.45) is 5.73 Å². The maximum Gasteiger partial charge on any atom is 0.208 e. The van der Waals surface area contributed by atoms with Crippen molar-refractivity contribution in [3.05, 3.63) is 29.8 Å². The minimum atomic E-state index is -1.26. The van der Waals surface area contributed by atoms with Gasteiger partial charge < -0.3 is 9.92 Å². The van der Waals surface area contributed by atoms with Gasteiger partial charge in [-0.25, -0.2) is 4.21 Å². The molecule has 2 atom stereocenters. The van der Waals surface area contributed by atoms with E-state index in [1.807, 2.05) is 18.2 Å². The van der Waals surface area contributed by atoms with Crippen LogP contribution in [0.3, 0.4) is 0 Å². The average molecular weight is 183 g/mol. The zero-order chi connectivity index (χ0) is 8.55. The molecule has 0 fully saturated rings. The Labute approximate surface area is 73.2 Å². The van der Waals surface area contributed by atoms with Gasteiger partial charge in [-0.3, -0.25) is 0 Å². The molecule has 1 aliphatic heterocycles. The number of fused-ring (bicyclic) bond motifs is 1. The Balaban J connectivity index is 2.47. The lowest BCUT2D eigenvalue weighted by atomic mass is 10.1. The topological polar surface area (TPSA) is 52.3 Å². The minimum Gasteiger partial charge on any atom is -0.400 e. The van der Waals surface area contributed by atoms with Gasteiger partial charge in [0.2, 0.25) is 11.1 Å². The second-order valence-electron chi connectivity index (χ2n) is 2.70. The molecular weight excluding hydrogens is 174 g/mol. The Morgan fingerprint density at radius 1 is 1.50 bits per heavy atom. The SMILES string of the molecule is NC1CS(=O)Oc2ccccc21. The molecule has 1 aromatic rings. The van der Waals surface area contributed by atoms with Crippen molar-refractivity contribution in [2.45, 2.75) is 6.04 Å². The van der Waals surface area contributed by atoms with Crippen molar-refractivity contribution < 1.29 is 8.39 Å². The predicted octanol–water partition coefficient (Wildman–Crippen LogP) is 0.743. The van der Waals surface area contributed by atoms with E-state index >= 15 is 0 Å². The van der Waals surface area contributed by atoms with Gasteiger partial charge in [0.1, 0.15) is 5.75 Å². The highest BCUT2D eigenvalue weighted by Crippen LogP contribution is 2.28. The van der Waals surface area contributed by atoms with Gasteiger partial charge >= 0.3 is 0 Å². The maximum absolute atomic E-state index is 11.0. The van der Waals surface area contributed by atoms with Gasteiger partial charge in [-0.05, 0) is 6.07 Å². The lowest BCUT2D eigenvalue weighted by Crippen LogP contribution is -2.26. The molecule has 0 radical (unpaired) electrons. The Bertz CT molecular complexity index is 327. The molecule has 1 heterocycles. The van der Waals surface area contributed by atoms with Crippen molar-refractivity contribution >= 4 is 11.1 Å². The molecule has 0 spiro atoms. The fourth-order valence-corrected chi connectivity index (χ4v) is 2.13. The summed E-state index contributed by atoms with van der Waals surface area (Å²) >= 11 is -1.26. The van der Waals surface area contributed by atoms with Crippen LogP contribution < -0.4 is 9.92 Å². The van der Waals surface area contributed by atoms with Crippen molar-refractivity contribution in [3.63, 3.8) is 0 Å². The molecule has 3 nitrogen and oxygen atoms in total. The van der Waals surface area contributed by atoms with Gasteiger partial charge in [0, 0.05) is 11.6 Å². The molecule has 2 unspecified atom stereocenters. The van der Waals surface area contributed by atoms with Crippen LogP contribution in [0, 0.1) is 0 Å². The number of hydrogen-bond donors (Lipinski definition) is 1. The minimum absolute atomic E-state index is 0.157. The van der Waals surface area contributed by atoms with E-state index in [4.69, 9.17) is 9.92 Å². The van der Waals surface area contributed by atoms with E-state index in [-0.39, 0.29) is 6.04 Å². The first-order valence-electron chi connectivity index (χ1n) is 3.68. The van der Waals surface area contributed by atoms with Gasteiger partial charge in [-0.15, -0.1) is 0 Å². The van der Waals surface area contributed by atoms with E-state index in [0.717, 1.165) is 5.56 Å². The van der Waals surface area contributed by atoms with Crippen LogP contribution in [0.2, 0.25) is 0 Å². The molecule has 0 bridgehead atoms. The highest BCUT2D eigenvalue weighted by Gasteiger charge is 2.22. The van der Waals surface area contributed by atoms with Gasteiger partial charge in [0.25, 0.3) is 0 Å². The van der Waals surface area contributed by atoms with Crippen LogP contribution >= 0.6 is 0 Å². The highest BCUT2D eigenvalue weighted by molar-refractivity contribution is 7.80. The second-order valence-corrected chi connectivity index (χ2v) is 3.81. The van der Waals surface area contributed by atoms with E-state index < -0.39 is 11.1 Å². The fraction of sp³-hybridized carbons (Fsp3) is 0.250. The van der Waals surface area contributed by atoms with E-state index in [1.165, 1.54) is 0 Å². The Kier molecular flexibility index (Phi) is 1.86. The molecule has 12 heavy (non-hydrogen) atoms. The molecule has 2 rings (SSSR count). The molecule has 1 aliphatic rings. The van der Waals surface area contributed by atoms with Gasteiger partial charge in [0.05, 0.1) is 5.75 Å². The maximum atomic E-state index is 11.0. The first kappa shape index (κ1) is 7.76. The molecule has 4 heteroatoms. The van der Waals surface area contributed by atoms with E-state index in [9.17, 15) is 4.21 Å². The Morgan fingerprint density at radius 3 is 3.08 bits per heavy atom. The summed E-state index contributed by atoms with van der Waals surface area (Å²) in [5.41, 5.74) is 6.71. The zero-order valence-electron chi connectivity index (χ0n) is 6.40. The van der Waals surface area contributed by atoms with Gasteiger partial charge in [0.15, 0.2) is 0 Å². The monoisotopic (exact) mass is 183 g/mol. The van der Waals surface area contributed by atoms with Crippen LogP contribution in [0.15, 0.2) is 24.3 Å². The zero-order valence-corrected chi connectivity index (χ0v) is 7.21. The summed E-state index contributed by atoms with van der Waals surface area (Å²) in [7, 11) is 0. The molecular formula is C8H9NO2S. The highest BCUT2D eigenvalue weighted by atomic mass is 32.2. The normalized spacial score (nSPS) is 27.4. The van der Waals surface area contributed by atoms with Gasteiger partial charge in [-0.1, -0.05) is 18.2 Å². The summed E-state index contributed by atoms with van der Waals surface area (Å²) in [6, 6.07) is 7.27. The van der Waals surface area contributed by atoms with Gasteiger partial charge in [-0.2, -0.15) is 0 Å². The molecule has 64 valence electrons. The van der Waals surface area contributed by atoms with Crippen molar-refractivity contribution in [1.82, 2.24) is 0 Å². The third-order valence-corrected chi connectivity index (χ3v) is 2.81. The number of rotatable bonds is 0. The molecule has 1 aromatic carbocycles. The third-order valence-electron chi connectivity index (χ3n) is 1.82. The largest absolute Gasteiger partial charge is 0.400 e. The molecule has 0 aliphatic carbocycles. The van der Waals surface area contributed by atoms with Crippen molar-refractivity contribution in [1.29, 1.82) is 0 Å². The Hall–Kier alpha value is -0.870. The molecule has 0 saturated carbocycles.